The Balaban J connectivity index is 2.40. The minimum absolute atomic E-state index is 0.0349. The Hall–Kier alpha value is -2.28. The molecule has 1 aromatic carbocycles. The molecule has 1 aliphatic heterocycles. The molecule has 0 aliphatic carbocycles. The first kappa shape index (κ1) is 17.1. The van der Waals surface area contributed by atoms with Crippen LogP contribution in [0.4, 0.5) is 5.69 Å². The van der Waals surface area contributed by atoms with E-state index < -0.39 is 0 Å². The Morgan fingerprint density at radius 2 is 2.04 bits per heavy atom. The second kappa shape index (κ2) is 7.82. The van der Waals surface area contributed by atoms with E-state index in [0.29, 0.717) is 12.1 Å². The first-order chi connectivity index (χ1) is 11.1. The van der Waals surface area contributed by atoms with Gasteiger partial charge in [-0.05, 0) is 42.5 Å². The van der Waals surface area contributed by atoms with Gasteiger partial charge in [-0.25, -0.2) is 0 Å². The van der Waals surface area contributed by atoms with Crippen LogP contribution < -0.4 is 5.73 Å². The summed E-state index contributed by atoms with van der Waals surface area (Å²) < 4.78 is 0. The van der Waals surface area contributed by atoms with Crippen molar-refractivity contribution in [3.63, 3.8) is 0 Å². The van der Waals surface area contributed by atoms with Crippen molar-refractivity contribution in [2.45, 2.75) is 46.0 Å². The number of hydrogen-bond donors (Lipinski definition) is 1. The maximum absolute atomic E-state index is 12.1. The molecule has 0 saturated carbocycles. The van der Waals surface area contributed by atoms with E-state index in [9.17, 15) is 10.1 Å². The van der Waals surface area contributed by atoms with Crippen LogP contribution in [0.2, 0.25) is 0 Å². The molecule has 23 heavy (non-hydrogen) atoms. The highest BCUT2D eigenvalue weighted by atomic mass is 16.2. The number of hydrogen-bond acceptors (Lipinski definition) is 3. The molecule has 0 saturated heterocycles. The Labute approximate surface area is 138 Å². The molecule has 122 valence electrons. The van der Waals surface area contributed by atoms with Crippen LogP contribution in [0.3, 0.4) is 0 Å². The number of nitrogens with zero attached hydrogens (tertiary/aromatic N) is 2. The van der Waals surface area contributed by atoms with Gasteiger partial charge in [0.2, 0.25) is 5.91 Å². The highest BCUT2D eigenvalue weighted by Crippen LogP contribution is 2.32. The fourth-order valence-corrected chi connectivity index (χ4v) is 3.12. The van der Waals surface area contributed by atoms with Crippen LogP contribution in [0, 0.1) is 11.3 Å². The van der Waals surface area contributed by atoms with Gasteiger partial charge in [0, 0.05) is 30.4 Å². The lowest BCUT2D eigenvalue weighted by atomic mass is 9.90. The SMILES string of the molecule is CCCCCc1c(N)ccc(C#N)c1C1=CC(=O)N(CCC)C1. The molecule has 1 amide bonds. The molecule has 0 spiro atoms. The number of carbonyl (C=O) groups excluding carboxylic acids is 1. The van der Waals surface area contributed by atoms with E-state index in [1.165, 1.54) is 0 Å². The van der Waals surface area contributed by atoms with Crippen molar-refractivity contribution in [3.8, 4) is 6.07 Å². The van der Waals surface area contributed by atoms with Crippen LogP contribution in [0.15, 0.2) is 18.2 Å². The van der Waals surface area contributed by atoms with Gasteiger partial charge >= 0.3 is 0 Å². The molecule has 4 nitrogen and oxygen atoms in total. The van der Waals surface area contributed by atoms with Crippen molar-refractivity contribution in [1.82, 2.24) is 4.90 Å². The van der Waals surface area contributed by atoms with Gasteiger partial charge in [-0.15, -0.1) is 0 Å². The highest BCUT2D eigenvalue weighted by Gasteiger charge is 2.25. The van der Waals surface area contributed by atoms with E-state index in [4.69, 9.17) is 5.73 Å². The van der Waals surface area contributed by atoms with Crippen LogP contribution in [-0.2, 0) is 11.2 Å². The maximum Gasteiger partial charge on any atom is 0.247 e. The minimum Gasteiger partial charge on any atom is -0.398 e. The van der Waals surface area contributed by atoms with E-state index in [2.05, 4.69) is 19.9 Å². The number of nitrogen functional groups attached to an aromatic ring is 1. The summed E-state index contributed by atoms with van der Waals surface area (Å²) in [4.78, 5) is 14.0. The minimum atomic E-state index is 0.0349. The maximum atomic E-state index is 12.1. The molecule has 1 aromatic rings. The van der Waals surface area contributed by atoms with E-state index in [1.54, 1.807) is 12.1 Å². The van der Waals surface area contributed by atoms with E-state index >= 15 is 0 Å². The van der Waals surface area contributed by atoms with Gasteiger partial charge in [-0.2, -0.15) is 5.26 Å². The summed E-state index contributed by atoms with van der Waals surface area (Å²) >= 11 is 0. The van der Waals surface area contributed by atoms with E-state index in [0.717, 1.165) is 61.0 Å². The van der Waals surface area contributed by atoms with Gasteiger partial charge in [0.05, 0.1) is 11.6 Å². The molecule has 0 fully saturated rings. The topological polar surface area (TPSA) is 70.1 Å². The predicted octanol–water partition coefficient (Wildman–Crippen LogP) is 3.51. The zero-order valence-corrected chi connectivity index (χ0v) is 14.1. The van der Waals surface area contributed by atoms with Gasteiger partial charge in [0.1, 0.15) is 0 Å². The zero-order valence-electron chi connectivity index (χ0n) is 14.1. The van der Waals surface area contributed by atoms with Crippen molar-refractivity contribution in [3.05, 3.63) is 34.9 Å². The molecular weight excluding hydrogens is 286 g/mol. The normalized spacial score (nSPS) is 14.0. The summed E-state index contributed by atoms with van der Waals surface area (Å²) in [6, 6.07) is 5.84. The quantitative estimate of drug-likeness (QED) is 0.619. The lowest BCUT2D eigenvalue weighted by Crippen LogP contribution is -2.26. The van der Waals surface area contributed by atoms with E-state index in [1.807, 2.05) is 11.0 Å². The molecule has 2 N–H and O–H groups in total. The van der Waals surface area contributed by atoms with Crippen LogP contribution in [0.5, 0.6) is 0 Å². The second-order valence-corrected chi connectivity index (χ2v) is 6.05. The molecule has 0 atom stereocenters. The van der Waals surface area contributed by atoms with Crippen molar-refractivity contribution < 1.29 is 4.79 Å². The number of nitriles is 1. The Bertz CT molecular complexity index is 655. The van der Waals surface area contributed by atoms with Crippen molar-refractivity contribution in [2.75, 3.05) is 18.8 Å². The van der Waals surface area contributed by atoms with Gasteiger partial charge < -0.3 is 10.6 Å². The fourth-order valence-electron chi connectivity index (χ4n) is 3.12. The van der Waals surface area contributed by atoms with Gasteiger partial charge in [-0.3, -0.25) is 4.79 Å². The molecule has 2 rings (SSSR count). The lowest BCUT2D eigenvalue weighted by Gasteiger charge is -2.18. The number of rotatable bonds is 7. The molecule has 0 unspecified atom stereocenters. The Kier molecular flexibility index (Phi) is 5.81. The predicted molar refractivity (Wildman–Crippen MR) is 93.6 cm³/mol. The fraction of sp³-hybridized carbons (Fsp3) is 0.474. The monoisotopic (exact) mass is 311 g/mol. The number of amides is 1. The third-order valence-corrected chi connectivity index (χ3v) is 4.29. The smallest absolute Gasteiger partial charge is 0.247 e. The zero-order chi connectivity index (χ0) is 16.8. The third-order valence-electron chi connectivity index (χ3n) is 4.29. The number of carbonyl (C=O) groups is 1. The number of unbranched alkanes of at least 4 members (excludes halogenated alkanes) is 2. The molecule has 4 heteroatoms. The summed E-state index contributed by atoms with van der Waals surface area (Å²) in [7, 11) is 0. The summed E-state index contributed by atoms with van der Waals surface area (Å²) in [5.41, 5.74) is 10.4. The van der Waals surface area contributed by atoms with Crippen LogP contribution in [0.1, 0.15) is 56.2 Å². The number of anilines is 1. The molecule has 0 aromatic heterocycles. The van der Waals surface area contributed by atoms with Crippen molar-refractivity contribution in [2.24, 2.45) is 0 Å². The lowest BCUT2D eigenvalue weighted by molar-refractivity contribution is -0.124. The van der Waals surface area contributed by atoms with Gasteiger partial charge in [0.25, 0.3) is 0 Å². The number of benzene rings is 1. The van der Waals surface area contributed by atoms with Crippen LogP contribution in [-0.4, -0.2) is 23.9 Å². The first-order valence-electron chi connectivity index (χ1n) is 8.43. The molecule has 0 bridgehead atoms. The summed E-state index contributed by atoms with van der Waals surface area (Å²) in [5.74, 6) is 0.0349. The number of nitrogens with two attached hydrogens (primary N) is 1. The first-order valence-corrected chi connectivity index (χ1v) is 8.43. The standard InChI is InChI=1S/C19H25N3O/c1-3-5-6-7-16-17(21)9-8-14(12-20)19(16)15-11-18(23)22(13-15)10-4-2/h8-9,11H,3-7,10,13,21H2,1-2H3. The van der Waals surface area contributed by atoms with Crippen LogP contribution >= 0.6 is 0 Å². The van der Waals surface area contributed by atoms with Gasteiger partial charge in [0.15, 0.2) is 0 Å². The third kappa shape index (κ3) is 3.73. The van der Waals surface area contributed by atoms with Crippen LogP contribution in [0.25, 0.3) is 5.57 Å². The molecular formula is C19H25N3O. The second-order valence-electron chi connectivity index (χ2n) is 6.05. The summed E-state index contributed by atoms with van der Waals surface area (Å²) in [6.07, 6.45) is 6.77. The van der Waals surface area contributed by atoms with Crippen molar-refractivity contribution in [1.29, 1.82) is 5.26 Å². The summed E-state index contributed by atoms with van der Waals surface area (Å²) in [5, 5.41) is 9.48. The largest absolute Gasteiger partial charge is 0.398 e. The molecule has 1 heterocycles. The summed E-state index contributed by atoms with van der Waals surface area (Å²) in [6.45, 7) is 5.54. The average Bonchev–Trinajstić information content (AvgIpc) is 2.90. The average molecular weight is 311 g/mol. The molecule has 0 radical (unpaired) electrons. The Morgan fingerprint density at radius 3 is 2.70 bits per heavy atom. The van der Waals surface area contributed by atoms with E-state index in [-0.39, 0.29) is 5.91 Å². The Morgan fingerprint density at radius 1 is 1.26 bits per heavy atom. The molecule has 1 aliphatic rings. The van der Waals surface area contributed by atoms with Crippen molar-refractivity contribution >= 4 is 17.2 Å². The highest BCUT2D eigenvalue weighted by molar-refractivity contribution is 6.02. The van der Waals surface area contributed by atoms with Gasteiger partial charge in [-0.1, -0.05) is 26.7 Å².